The molecular formula is C30H35N5O3. The van der Waals surface area contributed by atoms with Crippen LogP contribution in [0.4, 0.5) is 11.5 Å². The maximum atomic E-state index is 12.9. The van der Waals surface area contributed by atoms with E-state index < -0.39 is 0 Å². The maximum absolute atomic E-state index is 12.9. The van der Waals surface area contributed by atoms with Crippen molar-refractivity contribution in [2.75, 3.05) is 43.5 Å². The highest BCUT2D eigenvalue weighted by Crippen LogP contribution is 2.36. The molecule has 0 saturated carbocycles. The molecule has 3 aliphatic heterocycles. The lowest BCUT2D eigenvalue weighted by Gasteiger charge is -2.22. The number of benzene rings is 1. The zero-order valence-electron chi connectivity index (χ0n) is 21.8. The van der Waals surface area contributed by atoms with E-state index in [1.165, 1.54) is 31.5 Å². The molecule has 38 heavy (non-hydrogen) atoms. The number of ether oxygens (including phenoxy) is 2. The van der Waals surface area contributed by atoms with Crippen LogP contribution in [-0.4, -0.2) is 53.7 Å². The Morgan fingerprint density at radius 2 is 1.87 bits per heavy atom. The minimum atomic E-state index is 0.00812. The van der Waals surface area contributed by atoms with Crippen molar-refractivity contribution in [3.63, 3.8) is 0 Å². The van der Waals surface area contributed by atoms with Gasteiger partial charge in [0.15, 0.2) is 0 Å². The van der Waals surface area contributed by atoms with Crippen LogP contribution in [0.3, 0.4) is 0 Å². The first-order valence-corrected chi connectivity index (χ1v) is 13.7. The number of carbonyl (C=O) groups excluding carboxylic acids is 1. The molecule has 3 aromatic rings. The van der Waals surface area contributed by atoms with Crippen LogP contribution >= 0.6 is 0 Å². The Morgan fingerprint density at radius 1 is 1.03 bits per heavy atom. The summed E-state index contributed by atoms with van der Waals surface area (Å²) >= 11 is 0. The summed E-state index contributed by atoms with van der Waals surface area (Å²) in [5, 5.41) is 0. The van der Waals surface area contributed by atoms with Crippen LogP contribution in [0.25, 0.3) is 11.3 Å². The van der Waals surface area contributed by atoms with Gasteiger partial charge >= 0.3 is 0 Å². The van der Waals surface area contributed by atoms with Gasteiger partial charge in [0.25, 0.3) is 0 Å². The Hall–Kier alpha value is -3.49. The first-order valence-electron chi connectivity index (χ1n) is 13.7. The molecule has 2 aromatic heterocycles. The molecule has 6 rings (SSSR count). The van der Waals surface area contributed by atoms with Crippen molar-refractivity contribution < 1.29 is 14.3 Å². The summed E-state index contributed by atoms with van der Waals surface area (Å²) in [5.74, 6) is 1.29. The van der Waals surface area contributed by atoms with Gasteiger partial charge in [-0.2, -0.15) is 4.98 Å². The molecule has 8 heteroatoms. The number of fused-ring (bicyclic) bond motifs is 1. The second kappa shape index (κ2) is 11.1. The van der Waals surface area contributed by atoms with Crippen molar-refractivity contribution in [2.45, 2.75) is 45.2 Å². The topological polar surface area (TPSA) is 93.8 Å². The molecule has 0 bridgehead atoms. The van der Waals surface area contributed by atoms with E-state index >= 15 is 0 Å². The lowest BCUT2D eigenvalue weighted by Crippen LogP contribution is -2.26. The van der Waals surface area contributed by atoms with E-state index in [0.29, 0.717) is 30.8 Å². The molecule has 0 atom stereocenters. The number of rotatable bonds is 8. The van der Waals surface area contributed by atoms with Gasteiger partial charge in [0, 0.05) is 43.1 Å². The van der Waals surface area contributed by atoms with Crippen LogP contribution in [0.2, 0.25) is 0 Å². The highest BCUT2D eigenvalue weighted by Gasteiger charge is 2.31. The molecule has 8 nitrogen and oxygen atoms in total. The Bertz CT molecular complexity index is 1280. The number of anilines is 2. The minimum absolute atomic E-state index is 0.00812. The molecule has 2 saturated heterocycles. The van der Waals surface area contributed by atoms with Crippen molar-refractivity contribution in [2.24, 2.45) is 5.92 Å². The number of pyridine rings is 2. The van der Waals surface area contributed by atoms with Gasteiger partial charge in [-0.1, -0.05) is 24.3 Å². The van der Waals surface area contributed by atoms with Crippen molar-refractivity contribution in [3.8, 4) is 17.1 Å². The predicted octanol–water partition coefficient (Wildman–Crippen LogP) is 4.22. The number of aromatic nitrogens is 2. The number of likely N-dealkylation sites (tertiary alicyclic amines) is 1. The van der Waals surface area contributed by atoms with Gasteiger partial charge in [-0.15, -0.1) is 0 Å². The molecule has 0 aliphatic carbocycles. The van der Waals surface area contributed by atoms with Crippen LogP contribution in [-0.2, 0) is 29.0 Å². The van der Waals surface area contributed by atoms with E-state index in [2.05, 4.69) is 34.1 Å². The quantitative estimate of drug-likeness (QED) is 0.482. The van der Waals surface area contributed by atoms with Crippen molar-refractivity contribution >= 4 is 17.4 Å². The van der Waals surface area contributed by atoms with E-state index in [4.69, 9.17) is 20.2 Å². The van der Waals surface area contributed by atoms with Crippen LogP contribution < -0.4 is 15.4 Å². The molecule has 1 aromatic carbocycles. The fourth-order valence-electron chi connectivity index (χ4n) is 5.62. The van der Waals surface area contributed by atoms with Crippen molar-refractivity contribution in [1.82, 2.24) is 14.9 Å². The maximum Gasteiger partial charge on any atom is 0.231 e. The van der Waals surface area contributed by atoms with Crippen LogP contribution in [0.1, 0.15) is 42.4 Å². The Kier molecular flexibility index (Phi) is 7.25. The van der Waals surface area contributed by atoms with Gasteiger partial charge in [0.05, 0.1) is 31.0 Å². The fourth-order valence-corrected chi connectivity index (χ4v) is 5.62. The van der Waals surface area contributed by atoms with Crippen LogP contribution in [0.15, 0.2) is 48.7 Å². The molecule has 198 valence electrons. The van der Waals surface area contributed by atoms with Crippen molar-refractivity contribution in [3.05, 3.63) is 65.4 Å². The number of hydrogen-bond acceptors (Lipinski definition) is 7. The zero-order chi connectivity index (χ0) is 25.9. The number of carbonyl (C=O) groups is 1. The Labute approximate surface area is 223 Å². The summed E-state index contributed by atoms with van der Waals surface area (Å²) in [6.07, 6.45) is 6.67. The Morgan fingerprint density at radius 3 is 2.66 bits per heavy atom. The van der Waals surface area contributed by atoms with Crippen LogP contribution in [0, 0.1) is 5.92 Å². The van der Waals surface area contributed by atoms with E-state index in [0.717, 1.165) is 60.7 Å². The highest BCUT2D eigenvalue weighted by molar-refractivity contribution is 6.03. The third kappa shape index (κ3) is 5.51. The van der Waals surface area contributed by atoms with E-state index in [9.17, 15) is 4.79 Å². The molecule has 3 aliphatic rings. The van der Waals surface area contributed by atoms with Crippen molar-refractivity contribution in [1.29, 1.82) is 0 Å². The molecule has 5 heterocycles. The Balaban J connectivity index is 1.14. The number of nitrogens with two attached hydrogens (primary N) is 1. The molecule has 1 amide bonds. The lowest BCUT2D eigenvalue weighted by molar-refractivity contribution is -0.117. The lowest BCUT2D eigenvalue weighted by atomic mass is 10.0. The van der Waals surface area contributed by atoms with Gasteiger partial charge in [0.2, 0.25) is 11.8 Å². The SMILES string of the molecule is Nc1nc(OCC2CCOCC2)cc2c1CC(=O)N2Cc1ccc(-c2cccc(CN3CCCC3)c2)nc1. The summed E-state index contributed by atoms with van der Waals surface area (Å²) in [6.45, 7) is 5.90. The third-order valence-electron chi connectivity index (χ3n) is 7.83. The van der Waals surface area contributed by atoms with E-state index in [1.807, 2.05) is 24.4 Å². The highest BCUT2D eigenvalue weighted by atomic mass is 16.5. The summed E-state index contributed by atoms with van der Waals surface area (Å²) < 4.78 is 11.4. The fraction of sp³-hybridized carbons (Fsp3) is 0.433. The molecule has 2 fully saturated rings. The smallest absolute Gasteiger partial charge is 0.231 e. The molecule has 0 spiro atoms. The summed E-state index contributed by atoms with van der Waals surface area (Å²) in [5.41, 5.74) is 12.1. The number of hydrogen-bond donors (Lipinski definition) is 1. The van der Waals surface area contributed by atoms with Gasteiger partial charge in [0.1, 0.15) is 5.82 Å². The van der Waals surface area contributed by atoms with E-state index in [1.54, 1.807) is 4.90 Å². The summed E-state index contributed by atoms with van der Waals surface area (Å²) in [4.78, 5) is 26.4. The first kappa shape index (κ1) is 24.8. The molecule has 0 unspecified atom stereocenters. The average molecular weight is 514 g/mol. The summed E-state index contributed by atoms with van der Waals surface area (Å²) in [7, 11) is 0. The minimum Gasteiger partial charge on any atom is -0.477 e. The number of nitrogens with zero attached hydrogens (tertiary/aromatic N) is 4. The van der Waals surface area contributed by atoms with Gasteiger partial charge in [-0.05, 0) is 68.0 Å². The number of amides is 1. The predicted molar refractivity (Wildman–Crippen MR) is 147 cm³/mol. The standard InChI is InChI=1S/C30H35N5O3/c31-30-25-15-29(36)35(27(25)16-28(33-30)38-20-21-8-12-37-13-9-21)19-23-6-7-26(32-17-23)24-5-3-4-22(14-24)18-34-10-1-2-11-34/h3-7,14,16-17,21H,1-2,8-13,15,18-20H2,(H2,31,33). The van der Waals surface area contributed by atoms with Gasteiger partial charge in [-0.25, -0.2) is 0 Å². The van der Waals surface area contributed by atoms with Gasteiger partial charge in [-0.3, -0.25) is 14.7 Å². The molecule has 0 radical (unpaired) electrons. The third-order valence-corrected chi connectivity index (χ3v) is 7.83. The monoisotopic (exact) mass is 513 g/mol. The molecule has 2 N–H and O–H groups in total. The summed E-state index contributed by atoms with van der Waals surface area (Å²) in [6, 6.07) is 14.6. The normalized spacial score (nSPS) is 18.2. The number of nitrogen functional groups attached to an aromatic ring is 1. The largest absolute Gasteiger partial charge is 0.477 e. The van der Waals surface area contributed by atoms with Gasteiger partial charge < -0.3 is 20.1 Å². The second-order valence-corrected chi connectivity index (χ2v) is 10.6. The zero-order valence-corrected chi connectivity index (χ0v) is 21.8. The van der Waals surface area contributed by atoms with E-state index in [-0.39, 0.29) is 12.3 Å². The average Bonchev–Trinajstić information content (AvgIpc) is 3.57. The van der Waals surface area contributed by atoms with Crippen LogP contribution in [0.5, 0.6) is 5.88 Å². The second-order valence-electron chi connectivity index (χ2n) is 10.6. The molecular weight excluding hydrogens is 478 g/mol. The first-order chi connectivity index (χ1) is 18.6.